The molecule has 2 nitrogen and oxygen atoms in total. The second-order valence-corrected chi connectivity index (χ2v) is 5.13. The van der Waals surface area contributed by atoms with Crippen LogP contribution in [0, 0.1) is 5.82 Å². The van der Waals surface area contributed by atoms with Gasteiger partial charge in [-0.05, 0) is 41.3 Å². The van der Waals surface area contributed by atoms with Gasteiger partial charge in [0.05, 0.1) is 6.42 Å². The molecule has 0 atom stereocenters. The van der Waals surface area contributed by atoms with Crippen molar-refractivity contribution in [2.75, 3.05) is 5.32 Å². The van der Waals surface area contributed by atoms with E-state index in [0.29, 0.717) is 5.92 Å². The summed E-state index contributed by atoms with van der Waals surface area (Å²) in [5.74, 6) is 0.0753. The van der Waals surface area contributed by atoms with Crippen molar-refractivity contribution in [3.63, 3.8) is 0 Å². The van der Waals surface area contributed by atoms with E-state index in [4.69, 9.17) is 0 Å². The molecule has 1 amide bonds. The van der Waals surface area contributed by atoms with Crippen LogP contribution in [0.4, 0.5) is 10.1 Å². The average molecular weight is 271 g/mol. The van der Waals surface area contributed by atoms with Gasteiger partial charge in [-0.2, -0.15) is 0 Å². The summed E-state index contributed by atoms with van der Waals surface area (Å²) in [6.07, 6.45) is 0.242. The molecule has 0 aromatic heterocycles. The number of rotatable bonds is 4. The molecule has 0 aliphatic rings. The van der Waals surface area contributed by atoms with E-state index in [2.05, 4.69) is 19.2 Å². The largest absolute Gasteiger partial charge is 0.326 e. The molecule has 0 fully saturated rings. The van der Waals surface area contributed by atoms with Crippen molar-refractivity contribution in [3.8, 4) is 0 Å². The SMILES string of the molecule is CC(C)c1ccc(NC(=O)Cc2ccc(F)cc2)cc1. The van der Waals surface area contributed by atoms with Crippen LogP contribution in [0.2, 0.25) is 0 Å². The van der Waals surface area contributed by atoms with Crippen molar-refractivity contribution in [3.05, 3.63) is 65.5 Å². The second-order valence-electron chi connectivity index (χ2n) is 5.13. The van der Waals surface area contributed by atoms with E-state index in [-0.39, 0.29) is 18.1 Å². The molecule has 0 aliphatic carbocycles. The van der Waals surface area contributed by atoms with Crippen molar-refractivity contribution in [2.24, 2.45) is 0 Å². The molecular weight excluding hydrogens is 253 g/mol. The Bertz CT molecular complexity index is 573. The highest BCUT2D eigenvalue weighted by Gasteiger charge is 2.05. The maximum Gasteiger partial charge on any atom is 0.228 e. The number of hydrogen-bond donors (Lipinski definition) is 1. The number of amides is 1. The number of carbonyl (C=O) groups is 1. The molecule has 0 saturated heterocycles. The van der Waals surface area contributed by atoms with Gasteiger partial charge in [0.15, 0.2) is 0 Å². The molecule has 0 radical (unpaired) electrons. The molecule has 0 bridgehead atoms. The first-order valence-electron chi connectivity index (χ1n) is 6.69. The third kappa shape index (κ3) is 3.92. The Kier molecular flexibility index (Phi) is 4.51. The Morgan fingerprint density at radius 1 is 1.05 bits per heavy atom. The Morgan fingerprint density at radius 2 is 1.65 bits per heavy atom. The quantitative estimate of drug-likeness (QED) is 0.890. The smallest absolute Gasteiger partial charge is 0.228 e. The Morgan fingerprint density at radius 3 is 2.20 bits per heavy atom. The topological polar surface area (TPSA) is 29.1 Å². The van der Waals surface area contributed by atoms with Gasteiger partial charge < -0.3 is 5.32 Å². The van der Waals surface area contributed by atoms with Gasteiger partial charge in [-0.15, -0.1) is 0 Å². The van der Waals surface area contributed by atoms with Crippen molar-refractivity contribution >= 4 is 11.6 Å². The molecule has 0 unspecified atom stereocenters. The zero-order chi connectivity index (χ0) is 14.5. The number of carbonyl (C=O) groups excluding carboxylic acids is 1. The van der Waals surface area contributed by atoms with Gasteiger partial charge in [-0.3, -0.25) is 4.79 Å². The molecule has 3 heteroatoms. The van der Waals surface area contributed by atoms with Crippen LogP contribution in [0.1, 0.15) is 30.9 Å². The molecule has 0 saturated carbocycles. The summed E-state index contributed by atoms with van der Waals surface area (Å²) in [5.41, 5.74) is 2.81. The highest BCUT2D eigenvalue weighted by atomic mass is 19.1. The maximum absolute atomic E-state index is 12.8. The Hall–Kier alpha value is -2.16. The van der Waals surface area contributed by atoms with Crippen molar-refractivity contribution in [2.45, 2.75) is 26.2 Å². The van der Waals surface area contributed by atoms with E-state index in [1.54, 1.807) is 12.1 Å². The van der Waals surface area contributed by atoms with E-state index in [9.17, 15) is 9.18 Å². The zero-order valence-electron chi connectivity index (χ0n) is 11.7. The van der Waals surface area contributed by atoms with Crippen LogP contribution in [0.5, 0.6) is 0 Å². The third-order valence-corrected chi connectivity index (χ3v) is 3.14. The van der Waals surface area contributed by atoms with Gasteiger partial charge >= 0.3 is 0 Å². The third-order valence-electron chi connectivity index (χ3n) is 3.14. The summed E-state index contributed by atoms with van der Waals surface area (Å²) in [6, 6.07) is 13.8. The fourth-order valence-corrected chi connectivity index (χ4v) is 1.94. The summed E-state index contributed by atoms with van der Waals surface area (Å²) in [7, 11) is 0. The lowest BCUT2D eigenvalue weighted by Gasteiger charge is -2.08. The summed E-state index contributed by atoms with van der Waals surface area (Å²) in [6.45, 7) is 4.25. The molecule has 2 aromatic carbocycles. The Labute approximate surface area is 118 Å². The van der Waals surface area contributed by atoms with E-state index in [0.717, 1.165) is 11.3 Å². The summed E-state index contributed by atoms with van der Waals surface area (Å²) >= 11 is 0. The van der Waals surface area contributed by atoms with Crippen LogP contribution < -0.4 is 5.32 Å². The summed E-state index contributed by atoms with van der Waals surface area (Å²) in [4.78, 5) is 11.9. The first-order valence-corrected chi connectivity index (χ1v) is 6.69. The minimum Gasteiger partial charge on any atom is -0.326 e. The first-order chi connectivity index (χ1) is 9.54. The highest BCUT2D eigenvalue weighted by Crippen LogP contribution is 2.17. The van der Waals surface area contributed by atoms with Crippen LogP contribution in [0.3, 0.4) is 0 Å². The van der Waals surface area contributed by atoms with E-state index in [1.807, 2.05) is 24.3 Å². The maximum atomic E-state index is 12.8. The normalized spacial score (nSPS) is 10.6. The van der Waals surface area contributed by atoms with Crippen LogP contribution in [-0.4, -0.2) is 5.91 Å². The van der Waals surface area contributed by atoms with Crippen molar-refractivity contribution < 1.29 is 9.18 Å². The van der Waals surface area contributed by atoms with Crippen molar-refractivity contribution in [1.29, 1.82) is 0 Å². The lowest BCUT2D eigenvalue weighted by atomic mass is 10.0. The molecule has 104 valence electrons. The van der Waals surface area contributed by atoms with Crippen LogP contribution in [-0.2, 0) is 11.2 Å². The predicted molar refractivity (Wildman–Crippen MR) is 79.3 cm³/mol. The average Bonchev–Trinajstić information content (AvgIpc) is 2.42. The Balaban J connectivity index is 1.95. The van der Waals surface area contributed by atoms with Crippen molar-refractivity contribution in [1.82, 2.24) is 0 Å². The van der Waals surface area contributed by atoms with E-state index in [1.165, 1.54) is 17.7 Å². The zero-order valence-corrected chi connectivity index (χ0v) is 11.7. The predicted octanol–water partition coefficient (Wildman–Crippen LogP) is 4.13. The summed E-state index contributed by atoms with van der Waals surface area (Å²) in [5, 5.41) is 2.84. The minimum absolute atomic E-state index is 0.103. The number of benzene rings is 2. The second kappa shape index (κ2) is 6.33. The van der Waals surface area contributed by atoms with Gasteiger partial charge in [0.1, 0.15) is 5.82 Å². The molecule has 1 N–H and O–H groups in total. The van der Waals surface area contributed by atoms with Crippen LogP contribution >= 0.6 is 0 Å². The molecule has 2 aromatic rings. The van der Waals surface area contributed by atoms with E-state index >= 15 is 0 Å². The molecule has 0 aliphatic heterocycles. The van der Waals surface area contributed by atoms with Crippen LogP contribution in [0.25, 0.3) is 0 Å². The van der Waals surface area contributed by atoms with Gasteiger partial charge in [0.25, 0.3) is 0 Å². The minimum atomic E-state index is -0.293. The van der Waals surface area contributed by atoms with E-state index < -0.39 is 0 Å². The molecule has 0 heterocycles. The molecule has 20 heavy (non-hydrogen) atoms. The number of anilines is 1. The lowest BCUT2D eigenvalue weighted by molar-refractivity contribution is -0.115. The highest BCUT2D eigenvalue weighted by molar-refractivity contribution is 5.92. The van der Waals surface area contributed by atoms with Gasteiger partial charge in [0, 0.05) is 5.69 Å². The first kappa shape index (κ1) is 14.3. The molecule has 2 rings (SSSR count). The standard InChI is InChI=1S/C17H18FNO/c1-12(2)14-5-9-16(10-6-14)19-17(20)11-13-3-7-15(18)8-4-13/h3-10,12H,11H2,1-2H3,(H,19,20). The van der Waals surface area contributed by atoms with Gasteiger partial charge in [-0.25, -0.2) is 4.39 Å². The monoisotopic (exact) mass is 271 g/mol. The number of hydrogen-bond acceptors (Lipinski definition) is 1. The van der Waals surface area contributed by atoms with Gasteiger partial charge in [-0.1, -0.05) is 38.1 Å². The molecular formula is C17H18FNO. The number of halogens is 1. The van der Waals surface area contributed by atoms with Gasteiger partial charge in [0.2, 0.25) is 5.91 Å². The lowest BCUT2D eigenvalue weighted by Crippen LogP contribution is -2.14. The molecule has 0 spiro atoms. The van der Waals surface area contributed by atoms with Crippen LogP contribution in [0.15, 0.2) is 48.5 Å². The fourth-order valence-electron chi connectivity index (χ4n) is 1.94. The fraction of sp³-hybridized carbons (Fsp3) is 0.235. The summed E-state index contributed by atoms with van der Waals surface area (Å²) < 4.78 is 12.8. The number of nitrogens with one attached hydrogen (secondary N) is 1.